The summed E-state index contributed by atoms with van der Waals surface area (Å²) in [4.78, 5) is 14.4. The van der Waals surface area contributed by atoms with Crippen LogP contribution in [-0.2, 0) is 0 Å². The second kappa shape index (κ2) is 7.09. The fourth-order valence-corrected chi connectivity index (χ4v) is 2.96. The molecule has 1 unspecified atom stereocenters. The van der Waals surface area contributed by atoms with Crippen LogP contribution in [0, 0.1) is 5.92 Å². The zero-order chi connectivity index (χ0) is 14.5. The van der Waals surface area contributed by atoms with Gasteiger partial charge in [-0.25, -0.2) is 4.79 Å². The van der Waals surface area contributed by atoms with E-state index in [1.165, 1.54) is 0 Å². The highest BCUT2D eigenvalue weighted by Crippen LogP contribution is 2.22. The van der Waals surface area contributed by atoms with E-state index in [1.807, 2.05) is 24.3 Å². The van der Waals surface area contributed by atoms with Crippen molar-refractivity contribution in [3.8, 4) is 0 Å². The highest BCUT2D eigenvalue weighted by atomic mass is 79.9. The molecule has 1 fully saturated rings. The molecule has 5 heteroatoms. The third kappa shape index (κ3) is 4.21. The van der Waals surface area contributed by atoms with E-state index in [0.717, 1.165) is 36.1 Å². The molecular formula is C15H22BrN3O. The molecule has 1 aromatic rings. The van der Waals surface area contributed by atoms with Gasteiger partial charge < -0.3 is 15.5 Å². The third-order valence-corrected chi connectivity index (χ3v) is 4.64. The first kappa shape index (κ1) is 15.3. The van der Waals surface area contributed by atoms with Crippen molar-refractivity contribution < 1.29 is 4.79 Å². The van der Waals surface area contributed by atoms with Crippen LogP contribution in [-0.4, -0.2) is 37.1 Å². The number of amides is 2. The van der Waals surface area contributed by atoms with Crippen molar-refractivity contribution >= 4 is 27.6 Å². The van der Waals surface area contributed by atoms with E-state index in [9.17, 15) is 4.79 Å². The fraction of sp³-hybridized carbons (Fsp3) is 0.533. The van der Waals surface area contributed by atoms with Gasteiger partial charge in [0.2, 0.25) is 0 Å². The van der Waals surface area contributed by atoms with Gasteiger partial charge in [0.05, 0.1) is 5.69 Å². The maximum atomic E-state index is 12.0. The predicted molar refractivity (Wildman–Crippen MR) is 86.0 cm³/mol. The van der Waals surface area contributed by atoms with E-state index in [4.69, 9.17) is 0 Å². The lowest BCUT2D eigenvalue weighted by Gasteiger charge is -2.33. The number of anilines is 1. The molecule has 2 rings (SSSR count). The van der Waals surface area contributed by atoms with Crippen LogP contribution in [0.3, 0.4) is 0 Å². The van der Waals surface area contributed by atoms with Crippen molar-refractivity contribution in [3.63, 3.8) is 0 Å². The van der Waals surface area contributed by atoms with Crippen molar-refractivity contribution in [3.05, 3.63) is 28.7 Å². The molecule has 1 aliphatic rings. The minimum absolute atomic E-state index is 0.136. The summed E-state index contributed by atoms with van der Waals surface area (Å²) in [7, 11) is 2.15. The summed E-state index contributed by atoms with van der Waals surface area (Å²) < 4.78 is 0.891. The van der Waals surface area contributed by atoms with Crippen molar-refractivity contribution in [2.45, 2.75) is 25.8 Å². The number of benzene rings is 1. The first-order valence-electron chi connectivity index (χ1n) is 7.07. The molecule has 1 aliphatic heterocycles. The molecule has 110 valence electrons. The predicted octanol–water partition coefficient (Wildman–Crippen LogP) is 3.30. The van der Waals surface area contributed by atoms with Crippen molar-refractivity contribution in [2.75, 3.05) is 25.5 Å². The van der Waals surface area contributed by atoms with Gasteiger partial charge >= 0.3 is 6.03 Å². The topological polar surface area (TPSA) is 44.4 Å². The van der Waals surface area contributed by atoms with Gasteiger partial charge in [-0.3, -0.25) is 0 Å². The van der Waals surface area contributed by atoms with Gasteiger partial charge in [0, 0.05) is 10.5 Å². The van der Waals surface area contributed by atoms with Crippen LogP contribution in [0.1, 0.15) is 19.8 Å². The zero-order valence-corrected chi connectivity index (χ0v) is 13.6. The van der Waals surface area contributed by atoms with Crippen LogP contribution < -0.4 is 10.6 Å². The smallest absolute Gasteiger partial charge is 0.319 e. The molecule has 0 aromatic heterocycles. The number of likely N-dealkylation sites (tertiary alicyclic amines) is 1. The van der Waals surface area contributed by atoms with E-state index in [-0.39, 0.29) is 12.1 Å². The van der Waals surface area contributed by atoms with Crippen LogP contribution in [0.5, 0.6) is 0 Å². The SMILES string of the molecule is CC(NC(=O)Nc1ccccc1Br)C1CCN(C)CC1. The van der Waals surface area contributed by atoms with E-state index < -0.39 is 0 Å². The van der Waals surface area contributed by atoms with Crippen LogP contribution >= 0.6 is 15.9 Å². The Bertz CT molecular complexity index is 458. The average Bonchev–Trinajstić information content (AvgIpc) is 2.42. The van der Waals surface area contributed by atoms with Gasteiger partial charge in [0.25, 0.3) is 0 Å². The summed E-state index contributed by atoms with van der Waals surface area (Å²) in [6.45, 7) is 4.32. The number of halogens is 1. The molecule has 1 atom stereocenters. The lowest BCUT2D eigenvalue weighted by atomic mass is 9.91. The summed E-state index contributed by atoms with van der Waals surface area (Å²) in [5.41, 5.74) is 0.792. The van der Waals surface area contributed by atoms with Crippen LogP contribution in [0.25, 0.3) is 0 Å². The highest BCUT2D eigenvalue weighted by Gasteiger charge is 2.23. The number of carbonyl (C=O) groups excluding carboxylic acids is 1. The Hall–Kier alpha value is -1.07. The number of nitrogens with zero attached hydrogens (tertiary/aromatic N) is 1. The molecule has 1 heterocycles. The second-order valence-electron chi connectivity index (χ2n) is 5.51. The number of hydrogen-bond acceptors (Lipinski definition) is 2. The standard InChI is InChI=1S/C15H22BrN3O/c1-11(12-7-9-19(2)10-8-12)17-15(20)18-14-6-4-3-5-13(14)16/h3-6,11-12H,7-10H2,1-2H3,(H2,17,18,20). The fourth-order valence-electron chi connectivity index (χ4n) is 2.57. The van der Waals surface area contributed by atoms with Crippen LogP contribution in [0.4, 0.5) is 10.5 Å². The van der Waals surface area contributed by atoms with Gasteiger partial charge in [-0.1, -0.05) is 12.1 Å². The third-order valence-electron chi connectivity index (χ3n) is 3.95. The Morgan fingerprint density at radius 3 is 2.65 bits per heavy atom. The Balaban J connectivity index is 1.84. The normalized spacial score (nSPS) is 18.6. The molecule has 0 saturated carbocycles. The van der Waals surface area contributed by atoms with Crippen LogP contribution in [0.15, 0.2) is 28.7 Å². The Morgan fingerprint density at radius 1 is 1.35 bits per heavy atom. The van der Waals surface area contributed by atoms with E-state index >= 15 is 0 Å². The summed E-state index contributed by atoms with van der Waals surface area (Å²) in [6, 6.07) is 7.68. The largest absolute Gasteiger partial charge is 0.335 e. The van der Waals surface area contributed by atoms with Gasteiger partial charge in [0.15, 0.2) is 0 Å². The lowest BCUT2D eigenvalue weighted by molar-refractivity contribution is 0.189. The molecule has 0 bridgehead atoms. The number of nitrogens with one attached hydrogen (secondary N) is 2. The number of urea groups is 1. The van der Waals surface area contributed by atoms with E-state index in [2.05, 4.69) is 45.4 Å². The minimum Gasteiger partial charge on any atom is -0.335 e. The van der Waals surface area contributed by atoms with Gasteiger partial charge in [-0.05, 0) is 73.9 Å². The first-order valence-corrected chi connectivity index (χ1v) is 7.86. The van der Waals surface area contributed by atoms with E-state index in [0.29, 0.717) is 5.92 Å². The molecule has 2 amide bonds. The molecule has 0 spiro atoms. The number of rotatable bonds is 3. The highest BCUT2D eigenvalue weighted by molar-refractivity contribution is 9.10. The zero-order valence-electron chi connectivity index (χ0n) is 12.0. The Labute approximate surface area is 129 Å². The summed E-state index contributed by atoms with van der Waals surface area (Å²) in [5.74, 6) is 0.566. The average molecular weight is 340 g/mol. The monoisotopic (exact) mass is 339 g/mol. The molecular weight excluding hydrogens is 318 g/mol. The second-order valence-corrected chi connectivity index (χ2v) is 6.36. The number of piperidine rings is 1. The van der Waals surface area contributed by atoms with Crippen LogP contribution in [0.2, 0.25) is 0 Å². The Kier molecular flexibility index (Phi) is 5.43. The maximum Gasteiger partial charge on any atom is 0.319 e. The molecule has 2 N–H and O–H groups in total. The molecule has 20 heavy (non-hydrogen) atoms. The van der Waals surface area contributed by atoms with E-state index in [1.54, 1.807) is 0 Å². The van der Waals surface area contributed by atoms with Crippen molar-refractivity contribution in [1.29, 1.82) is 0 Å². The molecule has 0 radical (unpaired) electrons. The van der Waals surface area contributed by atoms with Crippen molar-refractivity contribution in [1.82, 2.24) is 10.2 Å². The number of hydrogen-bond donors (Lipinski definition) is 2. The summed E-state index contributed by atoms with van der Waals surface area (Å²) >= 11 is 3.43. The maximum absolute atomic E-state index is 12.0. The molecule has 0 aliphatic carbocycles. The molecule has 4 nitrogen and oxygen atoms in total. The van der Waals surface area contributed by atoms with Gasteiger partial charge in [-0.2, -0.15) is 0 Å². The summed E-state index contributed by atoms with van der Waals surface area (Å²) in [6.07, 6.45) is 2.29. The molecule has 1 saturated heterocycles. The quantitative estimate of drug-likeness (QED) is 0.887. The number of para-hydroxylation sites is 1. The van der Waals surface area contributed by atoms with Gasteiger partial charge in [-0.15, -0.1) is 0 Å². The van der Waals surface area contributed by atoms with Gasteiger partial charge in [0.1, 0.15) is 0 Å². The lowest BCUT2D eigenvalue weighted by Crippen LogP contribution is -2.44. The minimum atomic E-state index is -0.136. The Morgan fingerprint density at radius 2 is 2.00 bits per heavy atom. The van der Waals surface area contributed by atoms with Crippen molar-refractivity contribution in [2.24, 2.45) is 5.92 Å². The summed E-state index contributed by atoms with van der Waals surface area (Å²) in [5, 5.41) is 5.93. The number of carbonyl (C=O) groups is 1. The first-order chi connectivity index (χ1) is 9.56. The molecule has 1 aromatic carbocycles.